The zero-order valence-corrected chi connectivity index (χ0v) is 10.1. The number of carbonyl (C=O) groups excluding carboxylic acids is 1. The Labute approximate surface area is 96.6 Å². The van der Waals surface area contributed by atoms with Crippen LogP contribution in [0.25, 0.3) is 0 Å². The maximum atomic E-state index is 11.2. The Morgan fingerprint density at radius 2 is 2.00 bits per heavy atom. The van der Waals surface area contributed by atoms with E-state index in [1.165, 1.54) is 7.11 Å². The zero-order chi connectivity index (χ0) is 12.2. The molecule has 0 atom stereocenters. The van der Waals surface area contributed by atoms with E-state index < -0.39 is 0 Å². The first kappa shape index (κ1) is 12.6. The summed E-state index contributed by atoms with van der Waals surface area (Å²) in [5, 5.41) is 0. The van der Waals surface area contributed by atoms with Gasteiger partial charge in [-0.25, -0.2) is 0 Å². The highest BCUT2D eigenvalue weighted by atomic mass is 16.5. The Morgan fingerprint density at radius 1 is 1.38 bits per heavy atom. The van der Waals surface area contributed by atoms with Crippen LogP contribution < -0.4 is 5.73 Å². The van der Waals surface area contributed by atoms with Crippen LogP contribution in [0.5, 0.6) is 0 Å². The van der Waals surface area contributed by atoms with Gasteiger partial charge < -0.3 is 10.5 Å². The summed E-state index contributed by atoms with van der Waals surface area (Å²) >= 11 is 0. The summed E-state index contributed by atoms with van der Waals surface area (Å²) in [6.07, 6.45) is 1.17. The monoisotopic (exact) mass is 221 g/mol. The van der Waals surface area contributed by atoms with Gasteiger partial charge in [0.15, 0.2) is 0 Å². The molecule has 0 aromatic heterocycles. The molecular formula is C13H19NO2. The predicted molar refractivity (Wildman–Crippen MR) is 65.0 cm³/mol. The number of esters is 1. The number of hydrogen-bond donors (Lipinski definition) is 1. The molecule has 0 aliphatic heterocycles. The molecule has 0 unspecified atom stereocenters. The highest BCUT2D eigenvalue weighted by Gasteiger charge is 2.23. The first-order valence-corrected chi connectivity index (χ1v) is 5.35. The van der Waals surface area contributed by atoms with Gasteiger partial charge >= 0.3 is 5.97 Å². The van der Waals surface area contributed by atoms with E-state index in [2.05, 4.69) is 4.74 Å². The third-order valence-electron chi connectivity index (χ3n) is 2.57. The fraction of sp³-hybridized carbons (Fsp3) is 0.462. The third-order valence-corrected chi connectivity index (χ3v) is 2.57. The average Bonchev–Trinajstić information content (AvgIpc) is 2.20. The van der Waals surface area contributed by atoms with Crippen molar-refractivity contribution in [2.45, 2.75) is 26.7 Å². The van der Waals surface area contributed by atoms with Gasteiger partial charge in [-0.2, -0.15) is 0 Å². The second kappa shape index (κ2) is 5.01. The summed E-state index contributed by atoms with van der Waals surface area (Å²) in [6.45, 7) is 4.08. The Kier molecular flexibility index (Phi) is 3.93. The van der Waals surface area contributed by atoms with Crippen molar-refractivity contribution in [2.75, 3.05) is 12.8 Å². The number of para-hydroxylation sites is 1. The summed E-state index contributed by atoms with van der Waals surface area (Å²) in [6, 6.07) is 7.74. The molecule has 0 saturated heterocycles. The van der Waals surface area contributed by atoms with Gasteiger partial charge in [-0.3, -0.25) is 4.79 Å². The van der Waals surface area contributed by atoms with E-state index in [-0.39, 0.29) is 11.4 Å². The van der Waals surface area contributed by atoms with Crippen LogP contribution in [0.4, 0.5) is 5.69 Å². The Balaban J connectivity index is 2.72. The van der Waals surface area contributed by atoms with Crippen molar-refractivity contribution in [1.29, 1.82) is 0 Å². The number of hydrogen-bond acceptors (Lipinski definition) is 3. The molecule has 0 heterocycles. The first-order chi connectivity index (χ1) is 7.44. The molecule has 88 valence electrons. The lowest BCUT2D eigenvalue weighted by atomic mass is 9.82. The topological polar surface area (TPSA) is 52.3 Å². The number of carbonyl (C=O) groups is 1. The summed E-state index contributed by atoms with van der Waals surface area (Å²) in [4.78, 5) is 11.2. The second-order valence-corrected chi connectivity index (χ2v) is 4.79. The molecule has 3 heteroatoms. The minimum atomic E-state index is -0.181. The van der Waals surface area contributed by atoms with Crippen LogP contribution in [0.1, 0.15) is 25.8 Å². The highest BCUT2D eigenvalue weighted by molar-refractivity contribution is 5.70. The van der Waals surface area contributed by atoms with Gasteiger partial charge in [0.25, 0.3) is 0 Å². The minimum absolute atomic E-state index is 0.136. The van der Waals surface area contributed by atoms with Crippen molar-refractivity contribution in [2.24, 2.45) is 5.41 Å². The second-order valence-electron chi connectivity index (χ2n) is 4.79. The van der Waals surface area contributed by atoms with Crippen molar-refractivity contribution < 1.29 is 9.53 Å². The van der Waals surface area contributed by atoms with Crippen LogP contribution in [0, 0.1) is 5.41 Å². The SMILES string of the molecule is COC(=O)CC(C)(C)Cc1ccccc1N. The van der Waals surface area contributed by atoms with Crippen molar-refractivity contribution in [3.8, 4) is 0 Å². The van der Waals surface area contributed by atoms with Crippen LogP contribution in [-0.4, -0.2) is 13.1 Å². The molecule has 0 spiro atoms. The van der Waals surface area contributed by atoms with E-state index in [0.29, 0.717) is 6.42 Å². The molecule has 1 aromatic carbocycles. The lowest BCUT2D eigenvalue weighted by molar-refractivity contribution is -0.142. The van der Waals surface area contributed by atoms with Crippen LogP contribution >= 0.6 is 0 Å². The molecule has 3 nitrogen and oxygen atoms in total. The maximum absolute atomic E-state index is 11.2. The number of ether oxygens (including phenoxy) is 1. The van der Waals surface area contributed by atoms with E-state index in [9.17, 15) is 4.79 Å². The molecule has 0 aliphatic carbocycles. The molecule has 2 N–H and O–H groups in total. The maximum Gasteiger partial charge on any atom is 0.306 e. The van der Waals surface area contributed by atoms with E-state index in [1.54, 1.807) is 0 Å². The number of anilines is 1. The molecule has 0 fully saturated rings. The molecule has 0 radical (unpaired) electrons. The van der Waals surface area contributed by atoms with Crippen LogP contribution in [0.2, 0.25) is 0 Å². The molecule has 0 amide bonds. The van der Waals surface area contributed by atoms with Crippen molar-refractivity contribution >= 4 is 11.7 Å². The molecular weight excluding hydrogens is 202 g/mol. The molecule has 0 saturated carbocycles. The van der Waals surface area contributed by atoms with Gasteiger partial charge in [0, 0.05) is 5.69 Å². The Morgan fingerprint density at radius 3 is 2.56 bits per heavy atom. The third kappa shape index (κ3) is 3.57. The van der Waals surface area contributed by atoms with Gasteiger partial charge in [-0.1, -0.05) is 32.0 Å². The molecule has 1 aromatic rings. The number of benzene rings is 1. The molecule has 0 bridgehead atoms. The summed E-state index contributed by atoms with van der Waals surface area (Å²) in [5.41, 5.74) is 7.60. The predicted octanol–water partition coefficient (Wildman–Crippen LogP) is 2.40. The first-order valence-electron chi connectivity index (χ1n) is 5.35. The molecule has 0 aliphatic rings. The van der Waals surface area contributed by atoms with Crippen LogP contribution in [-0.2, 0) is 16.0 Å². The Hall–Kier alpha value is -1.51. The minimum Gasteiger partial charge on any atom is -0.469 e. The lowest BCUT2D eigenvalue weighted by Crippen LogP contribution is -2.21. The fourth-order valence-electron chi connectivity index (χ4n) is 1.74. The van der Waals surface area contributed by atoms with E-state index in [0.717, 1.165) is 17.7 Å². The van der Waals surface area contributed by atoms with Crippen molar-refractivity contribution in [1.82, 2.24) is 0 Å². The smallest absolute Gasteiger partial charge is 0.306 e. The largest absolute Gasteiger partial charge is 0.469 e. The van der Waals surface area contributed by atoms with E-state index in [4.69, 9.17) is 5.73 Å². The summed E-state index contributed by atoms with van der Waals surface area (Å²) in [7, 11) is 1.41. The number of nitrogen functional groups attached to an aromatic ring is 1. The van der Waals surface area contributed by atoms with Crippen molar-refractivity contribution in [3.05, 3.63) is 29.8 Å². The van der Waals surface area contributed by atoms with Gasteiger partial charge in [0.2, 0.25) is 0 Å². The number of nitrogens with two attached hydrogens (primary N) is 1. The van der Waals surface area contributed by atoms with E-state index >= 15 is 0 Å². The van der Waals surface area contributed by atoms with E-state index in [1.807, 2.05) is 38.1 Å². The van der Waals surface area contributed by atoms with Gasteiger partial charge in [0.1, 0.15) is 0 Å². The van der Waals surface area contributed by atoms with Crippen LogP contribution in [0.3, 0.4) is 0 Å². The number of rotatable bonds is 4. The van der Waals surface area contributed by atoms with Gasteiger partial charge in [0.05, 0.1) is 13.5 Å². The lowest BCUT2D eigenvalue weighted by Gasteiger charge is -2.23. The quantitative estimate of drug-likeness (QED) is 0.627. The highest BCUT2D eigenvalue weighted by Crippen LogP contribution is 2.28. The number of methoxy groups -OCH3 is 1. The molecule has 16 heavy (non-hydrogen) atoms. The standard InChI is InChI=1S/C13H19NO2/c1-13(2,9-12(15)16-3)8-10-6-4-5-7-11(10)14/h4-7H,8-9,14H2,1-3H3. The van der Waals surface area contributed by atoms with Gasteiger partial charge in [-0.05, 0) is 23.5 Å². The normalized spacial score (nSPS) is 11.2. The summed E-state index contributed by atoms with van der Waals surface area (Å²) < 4.78 is 4.68. The Bertz CT molecular complexity index is 372. The van der Waals surface area contributed by atoms with Crippen LogP contribution in [0.15, 0.2) is 24.3 Å². The van der Waals surface area contributed by atoms with Crippen molar-refractivity contribution in [3.63, 3.8) is 0 Å². The summed E-state index contributed by atoms with van der Waals surface area (Å²) in [5.74, 6) is -0.181. The molecule has 1 rings (SSSR count). The average molecular weight is 221 g/mol. The van der Waals surface area contributed by atoms with Gasteiger partial charge in [-0.15, -0.1) is 0 Å². The zero-order valence-electron chi connectivity index (χ0n) is 10.1. The fourth-order valence-corrected chi connectivity index (χ4v) is 1.74.